The lowest BCUT2D eigenvalue weighted by molar-refractivity contribution is 0.0942. The SMILES string of the molecule is COc1ccccc1-n1c(SCc2nc(C(=O)NCCN3CCCCC3)cs2)nnc1-c1ccccc1Cl. The number of thiazole rings is 1. The van der Waals surface area contributed by atoms with Gasteiger partial charge in [0.05, 0.1) is 23.6 Å². The summed E-state index contributed by atoms with van der Waals surface area (Å²) >= 11 is 9.48. The van der Waals surface area contributed by atoms with Crippen LogP contribution in [-0.4, -0.2) is 63.8 Å². The van der Waals surface area contributed by atoms with Crippen molar-refractivity contribution in [3.8, 4) is 22.8 Å². The molecule has 0 spiro atoms. The Morgan fingerprint density at radius 2 is 1.89 bits per heavy atom. The highest BCUT2D eigenvalue weighted by atomic mass is 35.5. The van der Waals surface area contributed by atoms with Crippen LogP contribution in [-0.2, 0) is 5.75 Å². The molecule has 5 rings (SSSR count). The van der Waals surface area contributed by atoms with Gasteiger partial charge in [-0.3, -0.25) is 9.36 Å². The molecule has 4 aromatic rings. The van der Waals surface area contributed by atoms with E-state index in [1.807, 2.05) is 58.5 Å². The molecule has 0 atom stereocenters. The first kappa shape index (κ1) is 26.7. The van der Waals surface area contributed by atoms with Crippen LogP contribution in [0.5, 0.6) is 5.75 Å². The quantitative estimate of drug-likeness (QED) is 0.251. The average Bonchev–Trinajstić information content (AvgIpc) is 3.60. The van der Waals surface area contributed by atoms with E-state index in [9.17, 15) is 4.79 Å². The largest absolute Gasteiger partial charge is 0.495 e. The molecule has 11 heteroatoms. The molecular formula is C27H29ClN6O2S2. The van der Waals surface area contributed by atoms with Gasteiger partial charge in [-0.2, -0.15) is 0 Å². The molecule has 8 nitrogen and oxygen atoms in total. The van der Waals surface area contributed by atoms with Crippen LogP contribution < -0.4 is 10.1 Å². The zero-order valence-corrected chi connectivity index (χ0v) is 23.5. The minimum Gasteiger partial charge on any atom is -0.495 e. The second-order valence-electron chi connectivity index (χ2n) is 8.87. The Bertz CT molecular complexity index is 1390. The molecule has 1 aliphatic rings. The lowest BCUT2D eigenvalue weighted by atomic mass is 10.1. The van der Waals surface area contributed by atoms with E-state index < -0.39 is 0 Å². The summed E-state index contributed by atoms with van der Waals surface area (Å²) in [5.74, 6) is 1.73. The Hall–Kier alpha value is -2.92. The molecule has 1 amide bonds. The maximum Gasteiger partial charge on any atom is 0.270 e. The molecule has 1 aliphatic heterocycles. The minimum atomic E-state index is -0.132. The number of piperidine rings is 1. The topological polar surface area (TPSA) is 85.2 Å². The van der Waals surface area contributed by atoms with Gasteiger partial charge in [-0.05, 0) is 50.2 Å². The normalized spacial score (nSPS) is 13.9. The number of methoxy groups -OCH3 is 1. The predicted octanol–water partition coefficient (Wildman–Crippen LogP) is 5.56. The number of rotatable bonds is 10. The van der Waals surface area contributed by atoms with E-state index in [2.05, 4.69) is 25.4 Å². The van der Waals surface area contributed by atoms with Crippen LogP contribution in [0.4, 0.5) is 0 Å². The van der Waals surface area contributed by atoms with Crippen molar-refractivity contribution in [3.63, 3.8) is 0 Å². The van der Waals surface area contributed by atoms with E-state index in [-0.39, 0.29) is 5.91 Å². The molecule has 3 heterocycles. The van der Waals surface area contributed by atoms with Crippen molar-refractivity contribution in [3.05, 3.63) is 69.6 Å². The van der Waals surface area contributed by atoms with Gasteiger partial charge < -0.3 is 15.0 Å². The maximum atomic E-state index is 12.6. The van der Waals surface area contributed by atoms with Crippen LogP contribution in [0.15, 0.2) is 59.1 Å². The number of para-hydroxylation sites is 2. The monoisotopic (exact) mass is 568 g/mol. The Labute approximate surface area is 235 Å². The summed E-state index contributed by atoms with van der Waals surface area (Å²) in [6.45, 7) is 3.75. The summed E-state index contributed by atoms with van der Waals surface area (Å²) in [5.41, 5.74) is 2.04. The molecule has 0 bridgehead atoms. The first-order chi connectivity index (χ1) is 18.6. The van der Waals surface area contributed by atoms with Gasteiger partial charge in [0.15, 0.2) is 11.0 Å². The van der Waals surface area contributed by atoms with Gasteiger partial charge >= 0.3 is 0 Å². The van der Waals surface area contributed by atoms with Crippen molar-refractivity contribution in [2.45, 2.75) is 30.2 Å². The number of carbonyl (C=O) groups is 1. The fraction of sp³-hybridized carbons (Fsp3) is 0.333. The number of aromatic nitrogens is 4. The summed E-state index contributed by atoms with van der Waals surface area (Å²) in [6, 6.07) is 15.3. The number of ether oxygens (including phenoxy) is 1. The highest BCUT2D eigenvalue weighted by Crippen LogP contribution is 2.36. The van der Waals surface area contributed by atoms with Crippen LogP contribution >= 0.6 is 34.7 Å². The second-order valence-corrected chi connectivity index (χ2v) is 11.2. The van der Waals surface area contributed by atoms with Crippen LogP contribution in [0.3, 0.4) is 0 Å². The number of nitrogens with zero attached hydrogens (tertiary/aromatic N) is 5. The molecule has 0 radical (unpaired) electrons. The molecule has 38 heavy (non-hydrogen) atoms. The van der Waals surface area contributed by atoms with E-state index in [1.165, 1.54) is 42.4 Å². The molecule has 2 aromatic carbocycles. The molecule has 0 saturated carbocycles. The van der Waals surface area contributed by atoms with Crippen molar-refractivity contribution >= 4 is 40.6 Å². The maximum absolute atomic E-state index is 12.6. The highest BCUT2D eigenvalue weighted by molar-refractivity contribution is 7.98. The Balaban J connectivity index is 1.30. The Morgan fingerprint density at radius 1 is 1.11 bits per heavy atom. The molecule has 1 saturated heterocycles. The number of nitrogens with one attached hydrogen (secondary N) is 1. The van der Waals surface area contributed by atoms with E-state index in [1.54, 1.807) is 7.11 Å². The van der Waals surface area contributed by atoms with Gasteiger partial charge in [0, 0.05) is 24.0 Å². The molecular weight excluding hydrogens is 540 g/mol. The summed E-state index contributed by atoms with van der Waals surface area (Å²) in [7, 11) is 1.64. The fourth-order valence-corrected chi connectivity index (χ4v) is 6.38. The molecule has 0 unspecified atom stereocenters. The number of halogens is 1. The van der Waals surface area contributed by atoms with Gasteiger partial charge in [-0.15, -0.1) is 21.5 Å². The highest BCUT2D eigenvalue weighted by Gasteiger charge is 2.21. The third kappa shape index (κ3) is 6.20. The molecule has 1 fully saturated rings. The smallest absolute Gasteiger partial charge is 0.270 e. The van der Waals surface area contributed by atoms with Gasteiger partial charge in [0.1, 0.15) is 16.5 Å². The number of hydrogen-bond donors (Lipinski definition) is 1. The van der Waals surface area contributed by atoms with Gasteiger partial charge in [-0.25, -0.2) is 4.98 Å². The Morgan fingerprint density at radius 3 is 2.71 bits per heavy atom. The van der Waals surface area contributed by atoms with E-state index in [0.29, 0.717) is 39.7 Å². The number of benzene rings is 2. The van der Waals surface area contributed by atoms with Crippen molar-refractivity contribution in [1.82, 2.24) is 30.0 Å². The first-order valence-corrected chi connectivity index (χ1v) is 14.8. The zero-order chi connectivity index (χ0) is 26.3. The number of amides is 1. The summed E-state index contributed by atoms with van der Waals surface area (Å²) < 4.78 is 7.58. The van der Waals surface area contributed by atoms with Crippen molar-refractivity contribution in [1.29, 1.82) is 0 Å². The average molecular weight is 569 g/mol. The second kappa shape index (κ2) is 12.8. The van der Waals surface area contributed by atoms with Crippen LogP contribution in [0, 0.1) is 0 Å². The summed E-state index contributed by atoms with van der Waals surface area (Å²) in [4.78, 5) is 19.6. The molecule has 2 aromatic heterocycles. The van der Waals surface area contributed by atoms with Gasteiger partial charge in [-0.1, -0.05) is 54.0 Å². The van der Waals surface area contributed by atoms with Crippen LogP contribution in [0.2, 0.25) is 5.02 Å². The van der Waals surface area contributed by atoms with Crippen LogP contribution in [0.1, 0.15) is 34.8 Å². The lowest BCUT2D eigenvalue weighted by Crippen LogP contribution is -2.37. The van der Waals surface area contributed by atoms with Crippen molar-refractivity contribution in [2.75, 3.05) is 33.3 Å². The third-order valence-electron chi connectivity index (χ3n) is 6.35. The first-order valence-electron chi connectivity index (χ1n) is 12.6. The molecule has 1 N–H and O–H groups in total. The van der Waals surface area contributed by atoms with Crippen molar-refractivity contribution in [2.24, 2.45) is 0 Å². The van der Waals surface area contributed by atoms with Crippen LogP contribution in [0.25, 0.3) is 17.1 Å². The van der Waals surface area contributed by atoms with E-state index in [4.69, 9.17) is 16.3 Å². The predicted molar refractivity (Wildman–Crippen MR) is 153 cm³/mol. The van der Waals surface area contributed by atoms with E-state index >= 15 is 0 Å². The van der Waals surface area contributed by atoms with Gasteiger partial charge in [0.25, 0.3) is 5.91 Å². The van der Waals surface area contributed by atoms with Gasteiger partial charge in [0.2, 0.25) is 0 Å². The molecule has 0 aliphatic carbocycles. The number of carbonyl (C=O) groups excluding carboxylic acids is 1. The third-order valence-corrected chi connectivity index (χ3v) is 8.65. The fourth-order valence-electron chi connectivity index (χ4n) is 4.42. The number of likely N-dealkylation sites (tertiary alicyclic amines) is 1. The molecule has 198 valence electrons. The zero-order valence-electron chi connectivity index (χ0n) is 21.1. The lowest BCUT2D eigenvalue weighted by Gasteiger charge is -2.26. The Kier molecular flexibility index (Phi) is 8.95. The minimum absolute atomic E-state index is 0.132. The summed E-state index contributed by atoms with van der Waals surface area (Å²) in [5, 5.41) is 15.9. The number of thioether (sulfide) groups is 1. The standard InChI is InChI=1S/C27H29ClN6O2S2/c1-36-23-12-6-5-11-22(23)34-25(19-9-3-4-10-20(19)28)31-32-27(34)38-18-24-30-21(17-37-24)26(35)29-13-16-33-14-7-2-8-15-33/h3-6,9-12,17H,2,7-8,13-16,18H2,1H3,(H,29,35). The van der Waals surface area contributed by atoms with E-state index in [0.717, 1.165) is 35.9 Å². The van der Waals surface area contributed by atoms with Crippen molar-refractivity contribution < 1.29 is 9.53 Å². The summed E-state index contributed by atoms with van der Waals surface area (Å²) in [6.07, 6.45) is 3.79. The number of hydrogen-bond acceptors (Lipinski definition) is 8.